The van der Waals surface area contributed by atoms with E-state index in [-0.39, 0.29) is 11.4 Å². The van der Waals surface area contributed by atoms with E-state index in [4.69, 9.17) is 11.6 Å². The summed E-state index contributed by atoms with van der Waals surface area (Å²) >= 11 is 6.46. The molecule has 0 unspecified atom stereocenters. The van der Waals surface area contributed by atoms with E-state index < -0.39 is 0 Å². The number of hydrogen-bond acceptors (Lipinski definition) is 1. The average Bonchev–Trinajstić information content (AvgIpc) is 2.46. The summed E-state index contributed by atoms with van der Waals surface area (Å²) in [4.78, 5) is 0. The van der Waals surface area contributed by atoms with Crippen molar-refractivity contribution < 1.29 is 0 Å². The topological polar surface area (TPSA) is 12.0 Å². The van der Waals surface area contributed by atoms with Gasteiger partial charge in [0.2, 0.25) is 0 Å². The number of nitrogens with one attached hydrogen (secondary N) is 1. The first-order valence-corrected chi connectivity index (χ1v) is 6.67. The molecule has 94 valence electrons. The van der Waals surface area contributed by atoms with Crippen molar-refractivity contribution in [1.82, 2.24) is 5.32 Å². The largest absolute Gasteiger partial charge is 0.308 e. The summed E-state index contributed by atoms with van der Waals surface area (Å²) in [6, 6.07) is 20.8. The van der Waals surface area contributed by atoms with Crippen molar-refractivity contribution in [3.8, 4) is 0 Å². The minimum Gasteiger partial charge on any atom is -0.308 e. The van der Waals surface area contributed by atoms with Gasteiger partial charge in [0.05, 0.1) is 5.38 Å². The fourth-order valence-electron chi connectivity index (χ4n) is 1.90. The van der Waals surface area contributed by atoms with Gasteiger partial charge in [-0.05, 0) is 18.1 Å². The maximum Gasteiger partial charge on any atom is 0.0735 e. The van der Waals surface area contributed by atoms with Crippen LogP contribution in [-0.4, -0.2) is 6.04 Å². The normalized spacial score (nSPS) is 14.1. The molecule has 0 aliphatic rings. The van der Waals surface area contributed by atoms with Gasteiger partial charge >= 0.3 is 0 Å². The van der Waals surface area contributed by atoms with Gasteiger partial charge in [0.15, 0.2) is 0 Å². The van der Waals surface area contributed by atoms with Gasteiger partial charge in [-0.1, -0.05) is 60.7 Å². The van der Waals surface area contributed by atoms with Gasteiger partial charge in [-0.25, -0.2) is 0 Å². The molecule has 0 aromatic heterocycles. The average molecular weight is 260 g/mol. The maximum absolute atomic E-state index is 6.46. The third-order valence-electron chi connectivity index (χ3n) is 3.03. The van der Waals surface area contributed by atoms with Crippen molar-refractivity contribution in [3.05, 3.63) is 71.8 Å². The first kappa shape index (κ1) is 13.1. The number of rotatable bonds is 5. The van der Waals surface area contributed by atoms with Crippen molar-refractivity contribution in [2.24, 2.45) is 0 Å². The second-order valence-electron chi connectivity index (χ2n) is 4.47. The van der Waals surface area contributed by atoms with Crippen LogP contribution in [0.15, 0.2) is 60.7 Å². The van der Waals surface area contributed by atoms with Crippen molar-refractivity contribution in [3.63, 3.8) is 0 Å². The Hall–Kier alpha value is -1.31. The molecule has 0 aliphatic heterocycles. The van der Waals surface area contributed by atoms with Crippen molar-refractivity contribution in [2.75, 3.05) is 0 Å². The van der Waals surface area contributed by atoms with Crippen LogP contribution >= 0.6 is 11.6 Å². The molecule has 0 saturated carbocycles. The molecule has 0 heterocycles. The van der Waals surface area contributed by atoms with Gasteiger partial charge in [-0.2, -0.15) is 0 Å². The first-order chi connectivity index (χ1) is 8.77. The highest BCUT2D eigenvalue weighted by Gasteiger charge is 2.15. The van der Waals surface area contributed by atoms with E-state index in [9.17, 15) is 0 Å². The third-order valence-corrected chi connectivity index (χ3v) is 3.66. The predicted octanol–water partition coefficient (Wildman–Crippen LogP) is 4.14. The van der Waals surface area contributed by atoms with Crippen molar-refractivity contribution in [1.29, 1.82) is 0 Å². The Labute approximate surface area is 114 Å². The molecule has 18 heavy (non-hydrogen) atoms. The van der Waals surface area contributed by atoms with Crippen LogP contribution in [0.25, 0.3) is 0 Å². The van der Waals surface area contributed by atoms with E-state index in [2.05, 4.69) is 48.6 Å². The summed E-state index contributed by atoms with van der Waals surface area (Å²) in [6.45, 7) is 2.96. The Balaban J connectivity index is 1.90. The van der Waals surface area contributed by atoms with Gasteiger partial charge < -0.3 is 5.32 Å². The van der Waals surface area contributed by atoms with E-state index in [1.54, 1.807) is 0 Å². The molecule has 0 bridgehead atoms. The lowest BCUT2D eigenvalue weighted by atomic mass is 10.1. The van der Waals surface area contributed by atoms with Gasteiger partial charge in [-0.15, -0.1) is 11.6 Å². The molecule has 2 atom stereocenters. The first-order valence-electron chi connectivity index (χ1n) is 6.23. The Bertz CT molecular complexity index is 455. The van der Waals surface area contributed by atoms with Crippen LogP contribution in [0.5, 0.6) is 0 Å². The highest BCUT2D eigenvalue weighted by molar-refractivity contribution is 6.21. The van der Waals surface area contributed by atoms with Crippen LogP contribution in [0.4, 0.5) is 0 Å². The van der Waals surface area contributed by atoms with Crippen LogP contribution in [0.2, 0.25) is 0 Å². The summed E-state index contributed by atoms with van der Waals surface area (Å²) in [5.41, 5.74) is 2.44. The lowest BCUT2D eigenvalue weighted by Gasteiger charge is -2.20. The van der Waals surface area contributed by atoms with Crippen LogP contribution in [0, 0.1) is 0 Å². The monoisotopic (exact) mass is 259 g/mol. The molecule has 1 nitrogen and oxygen atoms in total. The predicted molar refractivity (Wildman–Crippen MR) is 77.8 cm³/mol. The van der Waals surface area contributed by atoms with Gasteiger partial charge in [0.1, 0.15) is 0 Å². The van der Waals surface area contributed by atoms with Crippen molar-refractivity contribution in [2.45, 2.75) is 24.9 Å². The molecular weight excluding hydrogens is 242 g/mol. The quantitative estimate of drug-likeness (QED) is 0.796. The van der Waals surface area contributed by atoms with E-state index in [0.29, 0.717) is 0 Å². The number of alkyl halides is 1. The smallest absolute Gasteiger partial charge is 0.0735 e. The summed E-state index contributed by atoms with van der Waals surface area (Å²) in [6.07, 6.45) is 0. The fraction of sp³-hybridized carbons (Fsp3) is 0.250. The standard InChI is InChI=1S/C16H18ClN/c1-13(16(17)15-10-6-3-7-11-15)18-12-14-8-4-2-5-9-14/h2-11,13,16,18H,12H2,1H3/t13-,16+/m0/s1. The molecule has 2 rings (SSSR count). The second kappa shape index (κ2) is 6.58. The number of benzene rings is 2. The Kier molecular flexibility index (Phi) is 4.80. The summed E-state index contributed by atoms with van der Waals surface area (Å²) in [5.74, 6) is 0. The van der Waals surface area contributed by atoms with Crippen LogP contribution in [0.3, 0.4) is 0 Å². The van der Waals surface area contributed by atoms with Crippen LogP contribution < -0.4 is 5.32 Å². The van der Waals surface area contributed by atoms with Crippen LogP contribution in [-0.2, 0) is 6.54 Å². The second-order valence-corrected chi connectivity index (χ2v) is 4.94. The zero-order valence-electron chi connectivity index (χ0n) is 10.5. The zero-order chi connectivity index (χ0) is 12.8. The Morgan fingerprint density at radius 3 is 2.11 bits per heavy atom. The molecule has 0 amide bonds. The molecule has 0 fully saturated rings. The highest BCUT2D eigenvalue weighted by Crippen LogP contribution is 2.23. The van der Waals surface area contributed by atoms with Crippen molar-refractivity contribution >= 4 is 11.6 Å². The molecule has 0 aliphatic carbocycles. The molecule has 2 aromatic rings. The zero-order valence-corrected chi connectivity index (χ0v) is 11.3. The Morgan fingerprint density at radius 2 is 1.50 bits per heavy atom. The summed E-state index contributed by atoms with van der Waals surface area (Å²) in [7, 11) is 0. The molecule has 2 aromatic carbocycles. The third kappa shape index (κ3) is 3.59. The lowest BCUT2D eigenvalue weighted by Crippen LogP contribution is -2.29. The Morgan fingerprint density at radius 1 is 0.944 bits per heavy atom. The van der Waals surface area contributed by atoms with E-state index >= 15 is 0 Å². The fourth-order valence-corrected chi connectivity index (χ4v) is 2.14. The highest BCUT2D eigenvalue weighted by atomic mass is 35.5. The van der Waals surface area contributed by atoms with Gasteiger partial charge in [0, 0.05) is 12.6 Å². The summed E-state index contributed by atoms with van der Waals surface area (Å²) < 4.78 is 0. The SMILES string of the molecule is C[C@H](NCc1ccccc1)[C@@H](Cl)c1ccccc1. The molecule has 0 saturated heterocycles. The minimum atomic E-state index is -0.00471. The molecular formula is C16H18ClN. The van der Waals surface area contributed by atoms with Gasteiger partial charge in [-0.3, -0.25) is 0 Å². The molecule has 0 spiro atoms. The van der Waals surface area contributed by atoms with E-state index in [1.165, 1.54) is 5.56 Å². The molecule has 1 N–H and O–H groups in total. The molecule has 0 radical (unpaired) electrons. The minimum absolute atomic E-state index is 0.00471. The van der Waals surface area contributed by atoms with Gasteiger partial charge in [0.25, 0.3) is 0 Å². The summed E-state index contributed by atoms with van der Waals surface area (Å²) in [5, 5.41) is 3.46. The lowest BCUT2D eigenvalue weighted by molar-refractivity contribution is 0.533. The van der Waals surface area contributed by atoms with E-state index in [1.807, 2.05) is 24.3 Å². The molecule has 2 heteroatoms. The maximum atomic E-state index is 6.46. The number of halogens is 1. The number of hydrogen-bond donors (Lipinski definition) is 1. The van der Waals surface area contributed by atoms with Crippen LogP contribution in [0.1, 0.15) is 23.4 Å². The van der Waals surface area contributed by atoms with E-state index in [0.717, 1.165) is 12.1 Å².